The molecule has 0 atom stereocenters. The molecule has 0 aromatic heterocycles. The minimum Gasteiger partial charge on any atom is -0.870 e. The van der Waals surface area contributed by atoms with Gasteiger partial charge in [-0.05, 0) is 6.16 Å². The molecule has 0 aliphatic rings. The first-order chi connectivity index (χ1) is 1.73. The molecule has 0 aliphatic carbocycles. The minimum absolute atomic E-state index is 0. The third-order valence-corrected chi connectivity index (χ3v) is 0. The van der Waals surface area contributed by atoms with Crippen molar-refractivity contribution in [1.82, 2.24) is 0 Å². The largest absolute Gasteiger partial charge is 2.00 e. The van der Waals surface area contributed by atoms with Crippen LogP contribution < -0.4 is 80.5 Å². The van der Waals surface area contributed by atoms with Gasteiger partial charge in [-0.3, -0.25) is 0 Å². The molecule has 0 saturated carbocycles. The first-order valence-electron chi connectivity index (χ1n) is 0.612. The third-order valence-electron chi connectivity index (χ3n) is 0. The van der Waals surface area contributed by atoms with Crippen molar-refractivity contribution in [3.05, 3.63) is 0 Å². The summed E-state index contributed by atoms with van der Waals surface area (Å²) in [6.45, 7) is 0. The molecule has 0 rings (SSSR count). The molecule has 0 aromatic rings. The zero-order chi connectivity index (χ0) is 3.58. The number of carbonyl (C=O) groups is 1. The summed E-state index contributed by atoms with van der Waals surface area (Å²) in [6, 6.07) is 0. The van der Waals surface area contributed by atoms with Crippen molar-refractivity contribution in [2.24, 2.45) is 0 Å². The molecule has 0 heterocycles. The van der Waals surface area contributed by atoms with Crippen molar-refractivity contribution in [2.75, 3.05) is 0 Å². The molecule has 0 radical (unpaired) electrons. The Bertz CT molecular complexity index is 39.9. The standard InChI is InChI=1S/CH2O3.Ca.K.Li.2H2O/c2-1(3)4;;;;;/h(H2,2,3,4);;;;2*1H2/q;+2;2*+1;;/p-4. The van der Waals surface area contributed by atoms with Crippen LogP contribution in [0.25, 0.3) is 0 Å². The van der Waals surface area contributed by atoms with E-state index in [9.17, 15) is 0 Å². The Labute approximate surface area is 137 Å². The van der Waals surface area contributed by atoms with Crippen LogP contribution in [0, 0.1) is 0 Å². The molecule has 0 amide bonds. The average molecular weight is 180 g/mol. The normalized spacial score (nSPS) is 2.67. The van der Waals surface area contributed by atoms with Crippen LogP contribution in [0.5, 0.6) is 0 Å². The second-order valence-electron chi connectivity index (χ2n) is 0.250. The SMILES string of the molecule is O=C([O-])[O-].[Ca+2].[K+].[Li+].[OH-].[OH-]. The van der Waals surface area contributed by atoms with E-state index in [0.29, 0.717) is 0 Å². The van der Waals surface area contributed by atoms with Gasteiger partial charge in [-0.1, -0.05) is 0 Å². The van der Waals surface area contributed by atoms with E-state index >= 15 is 0 Å². The van der Waals surface area contributed by atoms with Crippen LogP contribution in [0.15, 0.2) is 0 Å². The van der Waals surface area contributed by atoms with Gasteiger partial charge >= 0.3 is 108 Å². The maximum Gasteiger partial charge on any atom is 2.00 e. The summed E-state index contributed by atoms with van der Waals surface area (Å²) in [4.78, 5) is 8.33. The third kappa shape index (κ3) is 112. The summed E-state index contributed by atoms with van der Waals surface area (Å²) in [6.07, 6.45) is -2.33. The van der Waals surface area contributed by atoms with Crippen LogP contribution >= 0.6 is 0 Å². The zero-order valence-electron chi connectivity index (χ0n) is 5.33. The van der Waals surface area contributed by atoms with Crippen molar-refractivity contribution >= 4 is 43.9 Å². The number of hydrogen-bond donors (Lipinski definition) is 0. The summed E-state index contributed by atoms with van der Waals surface area (Å²) in [5.74, 6) is 0. The Kier molecular flexibility index (Phi) is 142. The Morgan fingerprint density at radius 2 is 1.11 bits per heavy atom. The van der Waals surface area contributed by atoms with Gasteiger partial charge in [0.25, 0.3) is 0 Å². The molecule has 5 nitrogen and oxygen atoms in total. The topological polar surface area (TPSA) is 123 Å². The van der Waals surface area contributed by atoms with Gasteiger partial charge in [0.05, 0.1) is 0 Å². The maximum absolute atomic E-state index is 8.33. The van der Waals surface area contributed by atoms with Crippen LogP contribution in [0.2, 0.25) is 0 Å². The van der Waals surface area contributed by atoms with E-state index in [1.165, 1.54) is 0 Å². The van der Waals surface area contributed by atoms with Crippen LogP contribution in [-0.2, 0) is 0 Å². The van der Waals surface area contributed by atoms with E-state index < -0.39 is 6.16 Å². The van der Waals surface area contributed by atoms with Crippen molar-refractivity contribution in [1.29, 1.82) is 0 Å². The van der Waals surface area contributed by atoms with Crippen molar-refractivity contribution in [3.8, 4) is 0 Å². The first-order valence-corrected chi connectivity index (χ1v) is 0.612. The Morgan fingerprint density at radius 3 is 1.11 bits per heavy atom. The zero-order valence-corrected chi connectivity index (χ0v) is 10.7. The molecule has 0 aliphatic heterocycles. The van der Waals surface area contributed by atoms with Gasteiger partial charge < -0.3 is 26.0 Å². The molecule has 0 bridgehead atoms. The minimum atomic E-state index is -2.33. The van der Waals surface area contributed by atoms with Crippen LogP contribution in [-0.4, -0.2) is 54.8 Å². The Hall–Kier alpha value is 2.68. The van der Waals surface area contributed by atoms with Gasteiger partial charge in [0.1, 0.15) is 0 Å². The summed E-state index contributed by atoms with van der Waals surface area (Å²) in [5, 5.41) is 16.7. The number of hydrogen-bond acceptors (Lipinski definition) is 5. The molecule has 0 spiro atoms. The molecule has 9 heavy (non-hydrogen) atoms. The van der Waals surface area contributed by atoms with E-state index in [2.05, 4.69) is 0 Å². The van der Waals surface area contributed by atoms with E-state index in [0.717, 1.165) is 0 Å². The predicted octanol–water partition coefficient (Wildman–Crippen LogP) is -9.17. The van der Waals surface area contributed by atoms with Gasteiger partial charge in [0.2, 0.25) is 0 Å². The van der Waals surface area contributed by atoms with E-state index in [-0.39, 0.29) is 119 Å². The molecule has 8 heteroatoms. The molecule has 40 valence electrons. The van der Waals surface area contributed by atoms with Crippen molar-refractivity contribution in [3.63, 3.8) is 0 Å². The van der Waals surface area contributed by atoms with Gasteiger partial charge in [0.15, 0.2) is 0 Å². The second kappa shape index (κ2) is 31.0. The summed E-state index contributed by atoms with van der Waals surface area (Å²) >= 11 is 0. The predicted molar refractivity (Wildman–Crippen MR) is 15.0 cm³/mol. The number of rotatable bonds is 0. The smallest absolute Gasteiger partial charge is 0.870 e. The van der Waals surface area contributed by atoms with Gasteiger partial charge in [-0.2, -0.15) is 0 Å². The monoisotopic (exact) mass is 180 g/mol. The maximum atomic E-state index is 8.33. The van der Waals surface area contributed by atoms with Gasteiger partial charge in [0, 0.05) is 0 Å². The fourth-order valence-corrected chi connectivity index (χ4v) is 0. The van der Waals surface area contributed by atoms with Gasteiger partial charge in [-0.15, -0.1) is 0 Å². The Morgan fingerprint density at radius 1 is 1.11 bits per heavy atom. The fourth-order valence-electron chi connectivity index (χ4n) is 0. The van der Waals surface area contributed by atoms with Crippen molar-refractivity contribution < 1.29 is 96.2 Å². The van der Waals surface area contributed by atoms with Crippen LogP contribution in [0.4, 0.5) is 4.79 Å². The summed E-state index contributed by atoms with van der Waals surface area (Å²) < 4.78 is 0. The number of carbonyl (C=O) groups excluding carboxylic acids is 1. The summed E-state index contributed by atoms with van der Waals surface area (Å²) in [7, 11) is 0. The van der Waals surface area contributed by atoms with Crippen LogP contribution in [0.1, 0.15) is 0 Å². The second-order valence-corrected chi connectivity index (χ2v) is 0.250. The van der Waals surface area contributed by atoms with E-state index in [4.69, 9.17) is 15.0 Å². The van der Waals surface area contributed by atoms with Gasteiger partial charge in [-0.25, -0.2) is 0 Å². The van der Waals surface area contributed by atoms with Crippen molar-refractivity contribution in [2.45, 2.75) is 0 Å². The molecule has 2 N–H and O–H groups in total. The molecule has 0 aromatic carbocycles. The molecule has 0 unspecified atom stereocenters. The fraction of sp³-hybridized carbons (Fsp3) is 0. The van der Waals surface area contributed by atoms with Crippen LogP contribution in [0.3, 0.4) is 0 Å². The van der Waals surface area contributed by atoms with E-state index in [1.807, 2.05) is 0 Å². The molecule has 0 saturated heterocycles. The average Bonchev–Trinajstić information content (AvgIpc) is 0.811. The van der Waals surface area contributed by atoms with E-state index in [1.54, 1.807) is 0 Å². The quantitative estimate of drug-likeness (QED) is 0.342. The molecular formula is CH2CaKLiO5. The molecule has 0 fully saturated rings. The molecular weight excluding hydrogens is 178 g/mol. The first kappa shape index (κ1) is 41.3. The number of carboxylic acid groups (broad SMARTS) is 2. The summed E-state index contributed by atoms with van der Waals surface area (Å²) in [5.41, 5.74) is 0. The Balaban J connectivity index is -0.00000000450.